The third-order valence-electron chi connectivity index (χ3n) is 3.75. The maximum absolute atomic E-state index is 11.8. The lowest BCUT2D eigenvalue weighted by Crippen LogP contribution is -2.27. The second-order valence-electron chi connectivity index (χ2n) is 5.29. The van der Waals surface area contributed by atoms with Crippen molar-refractivity contribution in [3.05, 3.63) is 22.6 Å². The van der Waals surface area contributed by atoms with Crippen molar-refractivity contribution in [2.75, 3.05) is 6.54 Å². The van der Waals surface area contributed by atoms with E-state index in [1.54, 1.807) is 6.07 Å². The Hall–Kier alpha value is -0.770. The highest BCUT2D eigenvalue weighted by Gasteiger charge is 2.19. The Kier molecular flexibility index (Phi) is 4.87. The summed E-state index contributed by atoms with van der Waals surface area (Å²) in [6, 6.07) is 1.68. The van der Waals surface area contributed by atoms with E-state index in [-0.39, 0.29) is 5.91 Å². The van der Waals surface area contributed by atoms with Gasteiger partial charge in [0.05, 0.1) is 11.8 Å². The molecular formula is C14H20BrNO2. The highest BCUT2D eigenvalue weighted by Crippen LogP contribution is 2.30. The average Bonchev–Trinajstić information content (AvgIpc) is 2.75. The molecule has 1 aliphatic rings. The van der Waals surface area contributed by atoms with Crippen LogP contribution < -0.4 is 5.32 Å². The lowest BCUT2D eigenvalue weighted by atomic mass is 9.81. The van der Waals surface area contributed by atoms with E-state index in [2.05, 4.69) is 28.2 Å². The van der Waals surface area contributed by atoms with Crippen LogP contribution in [0.25, 0.3) is 0 Å². The topological polar surface area (TPSA) is 42.2 Å². The van der Waals surface area contributed by atoms with Crippen LogP contribution in [0.2, 0.25) is 0 Å². The molecule has 1 aromatic rings. The van der Waals surface area contributed by atoms with Crippen LogP contribution in [0.4, 0.5) is 0 Å². The molecule has 3 nitrogen and oxygen atoms in total. The van der Waals surface area contributed by atoms with Gasteiger partial charge < -0.3 is 9.73 Å². The number of furan rings is 1. The Balaban J connectivity index is 1.72. The smallest absolute Gasteiger partial charge is 0.255 e. The van der Waals surface area contributed by atoms with Gasteiger partial charge in [-0.15, -0.1) is 0 Å². The third-order valence-corrected chi connectivity index (χ3v) is 4.36. The molecule has 1 amide bonds. The van der Waals surface area contributed by atoms with Crippen molar-refractivity contribution in [3.8, 4) is 0 Å². The summed E-state index contributed by atoms with van der Waals surface area (Å²) in [6.07, 6.45) is 7.94. The molecule has 18 heavy (non-hydrogen) atoms. The number of carbonyl (C=O) groups excluding carboxylic acids is 1. The molecule has 2 unspecified atom stereocenters. The van der Waals surface area contributed by atoms with E-state index in [4.69, 9.17) is 4.42 Å². The summed E-state index contributed by atoms with van der Waals surface area (Å²) in [6.45, 7) is 3.08. The highest BCUT2D eigenvalue weighted by atomic mass is 79.9. The number of hydrogen-bond donors (Lipinski definition) is 1. The van der Waals surface area contributed by atoms with Crippen LogP contribution in [0.5, 0.6) is 0 Å². The summed E-state index contributed by atoms with van der Waals surface area (Å²) in [5.41, 5.74) is 0.576. The number of nitrogens with one attached hydrogen (secondary N) is 1. The van der Waals surface area contributed by atoms with E-state index in [9.17, 15) is 4.79 Å². The lowest BCUT2D eigenvalue weighted by molar-refractivity contribution is 0.0948. The minimum Gasteiger partial charge on any atom is -0.457 e. The molecule has 1 N–H and O–H groups in total. The minimum absolute atomic E-state index is 0.0560. The van der Waals surface area contributed by atoms with E-state index in [1.165, 1.54) is 31.9 Å². The van der Waals surface area contributed by atoms with Crippen LogP contribution >= 0.6 is 15.9 Å². The van der Waals surface area contributed by atoms with Gasteiger partial charge >= 0.3 is 0 Å². The SMILES string of the molecule is CC1CCCC(CCNC(=O)c2ccoc2Br)C1. The van der Waals surface area contributed by atoms with Gasteiger partial charge in [0, 0.05) is 6.54 Å². The molecular weight excluding hydrogens is 294 g/mol. The number of halogens is 1. The average molecular weight is 314 g/mol. The van der Waals surface area contributed by atoms with Crippen molar-refractivity contribution in [1.82, 2.24) is 5.32 Å². The molecule has 0 radical (unpaired) electrons. The Bertz CT molecular complexity index is 402. The number of carbonyl (C=O) groups is 1. The zero-order valence-corrected chi connectivity index (χ0v) is 12.3. The van der Waals surface area contributed by atoms with Crippen molar-refractivity contribution in [2.24, 2.45) is 11.8 Å². The predicted molar refractivity (Wildman–Crippen MR) is 74.5 cm³/mol. The molecule has 0 spiro atoms. The van der Waals surface area contributed by atoms with Crippen molar-refractivity contribution < 1.29 is 9.21 Å². The van der Waals surface area contributed by atoms with Crippen LogP contribution in [-0.4, -0.2) is 12.5 Å². The van der Waals surface area contributed by atoms with Gasteiger partial charge in [-0.05, 0) is 46.7 Å². The van der Waals surface area contributed by atoms with E-state index in [0.29, 0.717) is 10.2 Å². The van der Waals surface area contributed by atoms with Crippen LogP contribution in [0.1, 0.15) is 49.4 Å². The summed E-state index contributed by atoms with van der Waals surface area (Å²) in [5, 5.41) is 2.96. The normalized spacial score (nSPS) is 23.9. The number of rotatable bonds is 4. The number of hydrogen-bond acceptors (Lipinski definition) is 2. The lowest BCUT2D eigenvalue weighted by Gasteiger charge is -2.26. The fraction of sp³-hybridized carbons (Fsp3) is 0.643. The van der Waals surface area contributed by atoms with Gasteiger partial charge in [-0.2, -0.15) is 0 Å². The first-order valence-electron chi connectivity index (χ1n) is 6.68. The molecule has 0 bridgehead atoms. The van der Waals surface area contributed by atoms with Crippen LogP contribution in [-0.2, 0) is 0 Å². The fourth-order valence-corrected chi connectivity index (χ4v) is 3.18. The largest absolute Gasteiger partial charge is 0.457 e. The first kappa shape index (κ1) is 13.7. The van der Waals surface area contributed by atoms with Crippen LogP contribution in [0.15, 0.2) is 21.4 Å². The summed E-state index contributed by atoms with van der Waals surface area (Å²) in [4.78, 5) is 11.8. The Morgan fingerprint density at radius 2 is 2.39 bits per heavy atom. The van der Waals surface area contributed by atoms with E-state index in [0.717, 1.165) is 24.8 Å². The molecule has 1 heterocycles. The molecule has 0 saturated heterocycles. The maximum atomic E-state index is 11.8. The van der Waals surface area contributed by atoms with Gasteiger partial charge in [-0.3, -0.25) is 4.79 Å². The minimum atomic E-state index is -0.0560. The molecule has 1 aliphatic carbocycles. The zero-order chi connectivity index (χ0) is 13.0. The van der Waals surface area contributed by atoms with Crippen molar-refractivity contribution in [2.45, 2.75) is 39.0 Å². The molecule has 1 fully saturated rings. The van der Waals surface area contributed by atoms with Gasteiger partial charge in [0.15, 0.2) is 4.67 Å². The van der Waals surface area contributed by atoms with Gasteiger partial charge in [0.2, 0.25) is 0 Å². The molecule has 0 aromatic carbocycles. The van der Waals surface area contributed by atoms with Gasteiger partial charge in [0.1, 0.15) is 0 Å². The first-order chi connectivity index (χ1) is 8.66. The molecule has 1 saturated carbocycles. The Morgan fingerprint density at radius 3 is 3.06 bits per heavy atom. The third kappa shape index (κ3) is 3.61. The second kappa shape index (κ2) is 6.41. The van der Waals surface area contributed by atoms with Crippen molar-refractivity contribution in [3.63, 3.8) is 0 Å². The Morgan fingerprint density at radius 1 is 1.56 bits per heavy atom. The van der Waals surface area contributed by atoms with Crippen LogP contribution in [0, 0.1) is 11.8 Å². The zero-order valence-electron chi connectivity index (χ0n) is 10.7. The molecule has 0 aliphatic heterocycles. The molecule has 2 rings (SSSR count). The van der Waals surface area contributed by atoms with Crippen molar-refractivity contribution in [1.29, 1.82) is 0 Å². The standard InChI is InChI=1S/C14H20BrNO2/c1-10-3-2-4-11(9-10)5-7-16-14(17)12-6-8-18-13(12)15/h6,8,10-11H,2-5,7,9H2,1H3,(H,16,17). The van der Waals surface area contributed by atoms with Gasteiger partial charge in [0.25, 0.3) is 5.91 Å². The predicted octanol–water partition coefficient (Wildman–Crippen LogP) is 3.99. The number of amides is 1. The Labute approximate surface area is 116 Å². The monoisotopic (exact) mass is 313 g/mol. The first-order valence-corrected chi connectivity index (χ1v) is 7.47. The molecule has 2 atom stereocenters. The summed E-state index contributed by atoms with van der Waals surface area (Å²) in [5.74, 6) is 1.57. The summed E-state index contributed by atoms with van der Waals surface area (Å²) in [7, 11) is 0. The fourth-order valence-electron chi connectivity index (χ4n) is 2.76. The summed E-state index contributed by atoms with van der Waals surface area (Å²) >= 11 is 3.22. The summed E-state index contributed by atoms with van der Waals surface area (Å²) < 4.78 is 5.56. The maximum Gasteiger partial charge on any atom is 0.255 e. The molecule has 100 valence electrons. The molecule has 1 aromatic heterocycles. The second-order valence-corrected chi connectivity index (χ2v) is 6.01. The quantitative estimate of drug-likeness (QED) is 0.913. The van der Waals surface area contributed by atoms with Gasteiger partial charge in [-0.25, -0.2) is 0 Å². The van der Waals surface area contributed by atoms with Crippen molar-refractivity contribution >= 4 is 21.8 Å². The highest BCUT2D eigenvalue weighted by molar-refractivity contribution is 9.10. The van der Waals surface area contributed by atoms with E-state index >= 15 is 0 Å². The van der Waals surface area contributed by atoms with Gasteiger partial charge in [-0.1, -0.05) is 26.2 Å². The van der Waals surface area contributed by atoms with Crippen LogP contribution in [0.3, 0.4) is 0 Å². The van der Waals surface area contributed by atoms with E-state index < -0.39 is 0 Å². The van der Waals surface area contributed by atoms with E-state index in [1.807, 2.05) is 0 Å². The molecule has 4 heteroatoms.